The molecule has 6 heteroatoms. The van der Waals surface area contributed by atoms with Crippen molar-refractivity contribution < 1.29 is 9.21 Å². The average molecular weight is 240 g/mol. The Morgan fingerprint density at radius 1 is 1.44 bits per heavy atom. The van der Waals surface area contributed by atoms with Gasteiger partial charge in [-0.25, -0.2) is 0 Å². The van der Waals surface area contributed by atoms with E-state index in [1.807, 2.05) is 13.8 Å². The third-order valence-electron chi connectivity index (χ3n) is 2.41. The second kappa shape index (κ2) is 4.09. The zero-order valence-electron chi connectivity index (χ0n) is 8.87. The molecule has 0 radical (unpaired) electrons. The van der Waals surface area contributed by atoms with Crippen molar-refractivity contribution in [2.45, 2.75) is 19.7 Å². The molecule has 0 saturated heterocycles. The second-order valence-electron chi connectivity index (χ2n) is 3.42. The van der Waals surface area contributed by atoms with Crippen LogP contribution in [0.3, 0.4) is 0 Å². The predicted octanol–water partition coefficient (Wildman–Crippen LogP) is 2.23. The lowest BCUT2D eigenvalue weighted by Gasteiger charge is -1.92. The molecule has 2 aromatic rings. The molecule has 1 N–H and O–H groups in total. The molecule has 2 rings (SSSR count). The molecule has 0 aliphatic rings. The number of aldehydes is 1. The van der Waals surface area contributed by atoms with Gasteiger partial charge in [0.15, 0.2) is 6.29 Å². The Kier molecular flexibility index (Phi) is 2.78. The number of carbonyl (C=O) groups excluding carboxylic acids is 1. The van der Waals surface area contributed by atoms with E-state index >= 15 is 0 Å². The first kappa shape index (κ1) is 10.9. The van der Waals surface area contributed by atoms with E-state index < -0.39 is 0 Å². The highest BCUT2D eigenvalue weighted by molar-refractivity contribution is 6.16. The lowest BCUT2D eigenvalue weighted by Crippen LogP contribution is -1.83. The van der Waals surface area contributed by atoms with Gasteiger partial charge in [-0.15, -0.1) is 21.8 Å². The van der Waals surface area contributed by atoms with Crippen molar-refractivity contribution in [2.24, 2.45) is 0 Å². The number of alkyl halides is 1. The second-order valence-corrected chi connectivity index (χ2v) is 3.68. The number of H-pyrrole nitrogens is 1. The quantitative estimate of drug-likeness (QED) is 0.659. The van der Waals surface area contributed by atoms with Gasteiger partial charge >= 0.3 is 0 Å². The standard InChI is InChI=1S/C10H10ClN3O2/c1-5-7(4-15)6(2)12-9(5)10-14-13-8(3-11)16-10/h4,12H,3H2,1-2H3. The molecule has 84 valence electrons. The summed E-state index contributed by atoms with van der Waals surface area (Å²) in [5, 5.41) is 7.62. The first-order valence-corrected chi connectivity index (χ1v) is 5.24. The van der Waals surface area contributed by atoms with Crippen LogP contribution in [0.15, 0.2) is 4.42 Å². The summed E-state index contributed by atoms with van der Waals surface area (Å²) in [5.41, 5.74) is 2.88. The average Bonchev–Trinajstić information content (AvgIpc) is 2.83. The molecule has 16 heavy (non-hydrogen) atoms. The summed E-state index contributed by atoms with van der Waals surface area (Å²) in [4.78, 5) is 13.9. The molecule has 0 aromatic carbocycles. The molecule has 0 fully saturated rings. The molecule has 5 nitrogen and oxygen atoms in total. The van der Waals surface area contributed by atoms with Crippen LogP contribution in [0.5, 0.6) is 0 Å². The maximum absolute atomic E-state index is 10.8. The molecular formula is C10H10ClN3O2. The Bertz CT molecular complexity index is 530. The highest BCUT2D eigenvalue weighted by Crippen LogP contribution is 2.25. The summed E-state index contributed by atoms with van der Waals surface area (Å²) in [7, 11) is 0. The van der Waals surface area contributed by atoms with Gasteiger partial charge in [0.1, 0.15) is 11.6 Å². The predicted molar refractivity (Wildman–Crippen MR) is 58.5 cm³/mol. The third kappa shape index (κ3) is 1.63. The molecule has 2 heterocycles. The number of halogens is 1. The summed E-state index contributed by atoms with van der Waals surface area (Å²) < 4.78 is 5.31. The molecule has 0 atom stereocenters. The molecule has 0 unspecified atom stereocenters. The number of aromatic amines is 1. The van der Waals surface area contributed by atoms with Crippen LogP contribution in [0.2, 0.25) is 0 Å². The fourth-order valence-corrected chi connectivity index (χ4v) is 1.67. The molecule has 0 spiro atoms. The minimum atomic E-state index is 0.173. The molecule has 2 aromatic heterocycles. The summed E-state index contributed by atoms with van der Waals surface area (Å²) >= 11 is 5.57. The monoisotopic (exact) mass is 239 g/mol. The minimum absolute atomic E-state index is 0.173. The van der Waals surface area contributed by atoms with E-state index in [1.54, 1.807) is 0 Å². The van der Waals surface area contributed by atoms with Crippen LogP contribution in [0, 0.1) is 13.8 Å². The highest BCUT2D eigenvalue weighted by atomic mass is 35.5. The minimum Gasteiger partial charge on any atom is -0.418 e. The number of hydrogen-bond donors (Lipinski definition) is 1. The van der Waals surface area contributed by atoms with Crippen molar-refractivity contribution in [1.29, 1.82) is 0 Å². The van der Waals surface area contributed by atoms with Crippen molar-refractivity contribution in [3.05, 3.63) is 22.7 Å². The maximum atomic E-state index is 10.8. The third-order valence-corrected chi connectivity index (χ3v) is 2.64. The number of rotatable bonds is 3. The van der Waals surface area contributed by atoms with Gasteiger partial charge in [-0.05, 0) is 19.4 Å². The lowest BCUT2D eigenvalue weighted by atomic mass is 10.1. The molecule has 0 aliphatic heterocycles. The zero-order chi connectivity index (χ0) is 11.7. The van der Waals surface area contributed by atoms with E-state index in [2.05, 4.69) is 15.2 Å². The molecular weight excluding hydrogens is 230 g/mol. The van der Waals surface area contributed by atoms with E-state index in [-0.39, 0.29) is 5.88 Å². The van der Waals surface area contributed by atoms with Crippen LogP contribution < -0.4 is 0 Å². The van der Waals surface area contributed by atoms with Crippen LogP contribution >= 0.6 is 11.6 Å². The molecule has 0 amide bonds. The van der Waals surface area contributed by atoms with Crippen LogP contribution in [-0.2, 0) is 5.88 Å². The van der Waals surface area contributed by atoms with Gasteiger partial charge in [-0.2, -0.15) is 0 Å². The lowest BCUT2D eigenvalue weighted by molar-refractivity contribution is 0.112. The molecule has 0 bridgehead atoms. The van der Waals surface area contributed by atoms with Gasteiger partial charge in [0.05, 0.1) is 0 Å². The topological polar surface area (TPSA) is 71.8 Å². The number of nitrogens with zero attached hydrogens (tertiary/aromatic N) is 2. The normalized spacial score (nSPS) is 10.7. The van der Waals surface area contributed by atoms with Crippen LogP contribution in [0.25, 0.3) is 11.6 Å². The molecule has 0 saturated carbocycles. The van der Waals surface area contributed by atoms with Gasteiger partial charge in [0, 0.05) is 11.3 Å². The fourth-order valence-electron chi connectivity index (χ4n) is 1.56. The Morgan fingerprint density at radius 3 is 2.69 bits per heavy atom. The Morgan fingerprint density at radius 2 is 2.19 bits per heavy atom. The number of aromatic nitrogens is 3. The van der Waals surface area contributed by atoms with Crippen LogP contribution in [-0.4, -0.2) is 21.5 Å². The summed E-state index contributed by atoms with van der Waals surface area (Å²) in [6.45, 7) is 3.65. The number of hydrogen-bond acceptors (Lipinski definition) is 4. The smallest absolute Gasteiger partial charge is 0.264 e. The van der Waals surface area contributed by atoms with Crippen molar-refractivity contribution in [3.63, 3.8) is 0 Å². The molecule has 0 aliphatic carbocycles. The summed E-state index contributed by atoms with van der Waals surface area (Å²) in [6.07, 6.45) is 0.809. The first-order valence-electron chi connectivity index (χ1n) is 4.70. The number of carbonyl (C=O) groups is 1. The summed E-state index contributed by atoms with van der Waals surface area (Å²) in [6, 6.07) is 0. The van der Waals surface area contributed by atoms with Gasteiger partial charge in [0.2, 0.25) is 5.89 Å². The fraction of sp³-hybridized carbons (Fsp3) is 0.300. The maximum Gasteiger partial charge on any atom is 0.264 e. The van der Waals surface area contributed by atoms with E-state index in [4.69, 9.17) is 16.0 Å². The largest absolute Gasteiger partial charge is 0.418 e. The van der Waals surface area contributed by atoms with Crippen LogP contribution in [0.1, 0.15) is 27.5 Å². The van der Waals surface area contributed by atoms with E-state index in [0.29, 0.717) is 23.0 Å². The Labute approximate surface area is 96.8 Å². The number of nitrogens with one attached hydrogen (secondary N) is 1. The van der Waals surface area contributed by atoms with Crippen molar-refractivity contribution in [2.75, 3.05) is 0 Å². The summed E-state index contributed by atoms with van der Waals surface area (Å²) in [5.74, 6) is 0.882. The van der Waals surface area contributed by atoms with Crippen molar-refractivity contribution >= 4 is 17.9 Å². The van der Waals surface area contributed by atoms with Crippen molar-refractivity contribution in [1.82, 2.24) is 15.2 Å². The zero-order valence-corrected chi connectivity index (χ0v) is 9.63. The first-order chi connectivity index (χ1) is 7.67. The van der Waals surface area contributed by atoms with Gasteiger partial charge < -0.3 is 9.40 Å². The van der Waals surface area contributed by atoms with E-state index in [1.165, 1.54) is 0 Å². The van der Waals surface area contributed by atoms with Gasteiger partial charge in [-0.1, -0.05) is 0 Å². The number of aryl methyl sites for hydroxylation is 1. The SMILES string of the molecule is Cc1[nH]c(-c2nnc(CCl)o2)c(C)c1C=O. The van der Waals surface area contributed by atoms with E-state index in [9.17, 15) is 4.79 Å². The van der Waals surface area contributed by atoms with Crippen molar-refractivity contribution in [3.8, 4) is 11.6 Å². The Balaban J connectivity index is 2.51. The van der Waals surface area contributed by atoms with Crippen LogP contribution in [0.4, 0.5) is 0 Å². The highest BCUT2D eigenvalue weighted by Gasteiger charge is 2.17. The van der Waals surface area contributed by atoms with Gasteiger partial charge in [0.25, 0.3) is 5.89 Å². The Hall–Kier alpha value is -1.62. The van der Waals surface area contributed by atoms with Gasteiger partial charge in [-0.3, -0.25) is 4.79 Å². The van der Waals surface area contributed by atoms with E-state index in [0.717, 1.165) is 17.5 Å².